The summed E-state index contributed by atoms with van der Waals surface area (Å²) in [7, 11) is 0. The fourth-order valence-electron chi connectivity index (χ4n) is 0.680. The number of hydrogen-bond acceptors (Lipinski definition) is 2. The lowest BCUT2D eigenvalue weighted by atomic mass is 10.5. The lowest BCUT2D eigenvalue weighted by Gasteiger charge is -2.05. The van der Waals surface area contributed by atoms with Gasteiger partial charge in [0.25, 0.3) is 5.03 Å². The minimum Gasteiger partial charge on any atom is -0.618 e. The number of rotatable bonds is 2. The van der Waals surface area contributed by atoms with Gasteiger partial charge in [0.2, 0.25) is 0 Å². The van der Waals surface area contributed by atoms with Crippen LogP contribution in [-0.4, -0.2) is 11.9 Å². The van der Waals surface area contributed by atoms with Gasteiger partial charge in [-0.1, -0.05) is 0 Å². The maximum atomic E-state index is 11.7. The van der Waals surface area contributed by atoms with E-state index in [2.05, 4.69) is 0 Å². The van der Waals surface area contributed by atoms with Crippen LogP contribution in [0.4, 0.5) is 13.2 Å². The molecule has 0 amide bonds. The number of pyridine rings is 1. The maximum Gasteiger partial charge on any atom is 0.398 e. The first-order chi connectivity index (χ1) is 5.99. The third kappa shape index (κ3) is 3.54. The average Bonchev–Trinajstić information content (AvgIpc) is 2.01. The van der Waals surface area contributed by atoms with Gasteiger partial charge >= 0.3 is 6.18 Å². The van der Waals surface area contributed by atoms with Crippen LogP contribution in [0.5, 0.6) is 0 Å². The van der Waals surface area contributed by atoms with Crippen LogP contribution < -0.4 is 4.73 Å². The molecule has 0 aromatic carbocycles. The molecule has 0 aliphatic carbocycles. The molecule has 0 atom stereocenters. The first-order valence-electron chi connectivity index (χ1n) is 3.37. The molecule has 1 rings (SSSR count). The molecule has 1 aromatic heterocycles. The molecule has 0 bridgehead atoms. The second-order valence-electron chi connectivity index (χ2n) is 2.27. The van der Waals surface area contributed by atoms with Crippen molar-refractivity contribution < 1.29 is 17.9 Å². The lowest BCUT2D eigenvalue weighted by molar-refractivity contribution is -0.645. The van der Waals surface area contributed by atoms with Gasteiger partial charge in [-0.2, -0.15) is 17.9 Å². The first-order valence-corrected chi connectivity index (χ1v) is 4.35. The monoisotopic (exact) mass is 209 g/mol. The molecule has 0 saturated heterocycles. The summed E-state index contributed by atoms with van der Waals surface area (Å²) in [4.78, 5) is 0. The van der Waals surface area contributed by atoms with Crippen LogP contribution in [0.15, 0.2) is 29.4 Å². The van der Waals surface area contributed by atoms with Gasteiger partial charge in [-0.15, -0.1) is 0 Å². The number of hydrogen-bond donors (Lipinski definition) is 0. The van der Waals surface area contributed by atoms with Crippen molar-refractivity contribution in [3.8, 4) is 0 Å². The zero-order chi connectivity index (χ0) is 9.90. The van der Waals surface area contributed by atoms with E-state index in [1.165, 1.54) is 24.4 Å². The van der Waals surface area contributed by atoms with E-state index in [1.54, 1.807) is 0 Å². The molecular formula is C7H6F3NOS. The third-order valence-corrected chi connectivity index (χ3v) is 2.26. The largest absolute Gasteiger partial charge is 0.618 e. The van der Waals surface area contributed by atoms with Crippen LogP contribution in [-0.2, 0) is 0 Å². The maximum absolute atomic E-state index is 11.7. The molecule has 0 fully saturated rings. The molecule has 0 N–H and O–H groups in total. The predicted molar refractivity (Wildman–Crippen MR) is 42.2 cm³/mol. The highest BCUT2D eigenvalue weighted by Crippen LogP contribution is 2.24. The molecule has 72 valence electrons. The van der Waals surface area contributed by atoms with E-state index in [9.17, 15) is 18.4 Å². The molecule has 0 radical (unpaired) electrons. The summed E-state index contributed by atoms with van der Waals surface area (Å²) in [5.74, 6) is -1.04. The molecule has 1 aromatic rings. The van der Waals surface area contributed by atoms with Crippen molar-refractivity contribution in [3.63, 3.8) is 0 Å². The van der Waals surface area contributed by atoms with Gasteiger partial charge in [-0.05, 0) is 17.8 Å². The molecule has 0 aliphatic heterocycles. The van der Waals surface area contributed by atoms with E-state index < -0.39 is 11.9 Å². The van der Waals surface area contributed by atoms with Crippen molar-refractivity contribution in [3.05, 3.63) is 29.6 Å². The summed E-state index contributed by atoms with van der Waals surface area (Å²) in [6, 6.07) is 4.33. The van der Waals surface area contributed by atoms with Crippen LogP contribution in [0, 0.1) is 5.21 Å². The normalized spacial score (nSPS) is 11.6. The van der Waals surface area contributed by atoms with Crippen molar-refractivity contribution in [2.75, 3.05) is 5.75 Å². The minimum absolute atomic E-state index is 0.0554. The Balaban J connectivity index is 2.60. The van der Waals surface area contributed by atoms with E-state index in [4.69, 9.17) is 0 Å². The molecule has 13 heavy (non-hydrogen) atoms. The molecule has 0 unspecified atom stereocenters. The van der Waals surface area contributed by atoms with Gasteiger partial charge in [0, 0.05) is 12.1 Å². The number of thioether (sulfide) groups is 1. The number of alkyl halides is 3. The van der Waals surface area contributed by atoms with Crippen molar-refractivity contribution in [1.82, 2.24) is 0 Å². The van der Waals surface area contributed by atoms with E-state index in [-0.39, 0.29) is 5.03 Å². The average molecular weight is 209 g/mol. The molecule has 0 spiro atoms. The Bertz CT molecular complexity index is 289. The van der Waals surface area contributed by atoms with Gasteiger partial charge < -0.3 is 5.21 Å². The van der Waals surface area contributed by atoms with Crippen molar-refractivity contribution in [1.29, 1.82) is 0 Å². The van der Waals surface area contributed by atoms with Crippen LogP contribution in [0.2, 0.25) is 0 Å². The second kappa shape index (κ2) is 3.87. The SMILES string of the molecule is [O-][n+]1ccccc1SCC(F)(F)F. The molecule has 1 heterocycles. The Morgan fingerprint density at radius 1 is 1.38 bits per heavy atom. The summed E-state index contributed by atoms with van der Waals surface area (Å²) in [6.07, 6.45) is -3.08. The number of halogens is 3. The topological polar surface area (TPSA) is 26.9 Å². The Morgan fingerprint density at radius 3 is 2.62 bits per heavy atom. The molecular weight excluding hydrogens is 203 g/mol. The number of aromatic nitrogens is 1. The Morgan fingerprint density at radius 2 is 2.08 bits per heavy atom. The summed E-state index contributed by atoms with van der Waals surface area (Å²) in [5.41, 5.74) is 0. The quantitative estimate of drug-likeness (QED) is 0.423. The summed E-state index contributed by atoms with van der Waals surface area (Å²) in [6.45, 7) is 0. The molecule has 2 nitrogen and oxygen atoms in total. The fraction of sp³-hybridized carbons (Fsp3) is 0.286. The Kier molecular flexibility index (Phi) is 3.02. The zero-order valence-corrected chi connectivity index (χ0v) is 7.23. The lowest BCUT2D eigenvalue weighted by Crippen LogP contribution is -2.28. The van der Waals surface area contributed by atoms with Crippen LogP contribution in [0.25, 0.3) is 0 Å². The van der Waals surface area contributed by atoms with Gasteiger partial charge in [-0.3, -0.25) is 0 Å². The van der Waals surface area contributed by atoms with Gasteiger partial charge in [0.05, 0.1) is 5.75 Å². The van der Waals surface area contributed by atoms with Gasteiger partial charge in [-0.25, -0.2) is 0 Å². The Hall–Kier alpha value is -0.910. The van der Waals surface area contributed by atoms with Crippen LogP contribution in [0.3, 0.4) is 0 Å². The molecule has 6 heteroatoms. The molecule has 0 aliphatic rings. The summed E-state index contributed by atoms with van der Waals surface area (Å²) >= 11 is 0.479. The van der Waals surface area contributed by atoms with Crippen LogP contribution in [0.1, 0.15) is 0 Å². The van der Waals surface area contributed by atoms with E-state index in [0.717, 1.165) is 0 Å². The summed E-state index contributed by atoms with van der Waals surface area (Å²) in [5, 5.41) is 10.9. The standard InChI is InChI=1S/C7H6F3NOS/c8-7(9,10)5-13-6-3-1-2-4-11(6)12/h1-4H,5H2. The Labute approximate surface area is 77.0 Å². The van der Waals surface area contributed by atoms with Gasteiger partial charge in [0.15, 0.2) is 6.20 Å². The highest BCUT2D eigenvalue weighted by atomic mass is 32.2. The van der Waals surface area contributed by atoms with Gasteiger partial charge in [0.1, 0.15) is 0 Å². The zero-order valence-electron chi connectivity index (χ0n) is 6.41. The highest BCUT2D eigenvalue weighted by molar-refractivity contribution is 7.99. The van der Waals surface area contributed by atoms with E-state index >= 15 is 0 Å². The molecule has 0 saturated carbocycles. The van der Waals surface area contributed by atoms with E-state index in [1.807, 2.05) is 0 Å². The van der Waals surface area contributed by atoms with Crippen molar-refractivity contribution in [2.24, 2.45) is 0 Å². The number of nitrogens with zero attached hydrogens (tertiary/aromatic N) is 1. The highest BCUT2D eigenvalue weighted by Gasteiger charge is 2.28. The predicted octanol–water partition coefficient (Wildman–Crippen LogP) is 1.97. The summed E-state index contributed by atoms with van der Waals surface area (Å²) < 4.78 is 35.6. The minimum atomic E-state index is -4.24. The van der Waals surface area contributed by atoms with Crippen LogP contribution >= 0.6 is 11.8 Å². The third-order valence-electron chi connectivity index (χ3n) is 1.17. The second-order valence-corrected chi connectivity index (χ2v) is 3.26. The fourth-order valence-corrected chi connectivity index (χ4v) is 1.35. The van der Waals surface area contributed by atoms with Crippen molar-refractivity contribution >= 4 is 11.8 Å². The smallest absolute Gasteiger partial charge is 0.398 e. The van der Waals surface area contributed by atoms with Crippen molar-refractivity contribution in [2.45, 2.75) is 11.2 Å². The first kappa shape index (κ1) is 10.2. The van der Waals surface area contributed by atoms with E-state index in [0.29, 0.717) is 16.5 Å².